The molecule has 4 N–H and O–H groups in total. The van der Waals surface area contributed by atoms with Gasteiger partial charge in [-0.05, 0) is 12.8 Å². The molecule has 0 aromatic heterocycles. The molecule has 0 radical (unpaired) electrons. The van der Waals surface area contributed by atoms with Crippen LogP contribution in [0.15, 0.2) is 0 Å². The van der Waals surface area contributed by atoms with Crippen molar-refractivity contribution in [1.82, 2.24) is 0 Å². The van der Waals surface area contributed by atoms with Gasteiger partial charge in [-0.3, -0.25) is 0 Å². The van der Waals surface area contributed by atoms with Crippen LogP contribution in [0, 0.1) is 0 Å². The minimum atomic E-state index is -1.21. The monoisotopic (exact) mass is 190 g/mol. The summed E-state index contributed by atoms with van der Waals surface area (Å²) in [4.78, 5) is 0. The van der Waals surface area contributed by atoms with Gasteiger partial charge in [-0.25, -0.2) is 0 Å². The van der Waals surface area contributed by atoms with Crippen molar-refractivity contribution >= 4 is 0 Å². The fourth-order valence-electron chi connectivity index (χ4n) is 1.84. The summed E-state index contributed by atoms with van der Waals surface area (Å²) in [6, 6.07) is 0. The first-order valence-electron chi connectivity index (χ1n) is 4.43. The summed E-state index contributed by atoms with van der Waals surface area (Å²) in [5.41, 5.74) is -0.702. The zero-order valence-electron chi connectivity index (χ0n) is 7.13. The summed E-state index contributed by atoms with van der Waals surface area (Å²) >= 11 is 0. The molecule has 13 heavy (non-hydrogen) atoms. The third kappa shape index (κ3) is 1.28. The molecule has 0 aromatic carbocycles. The fraction of sp³-hybridized carbons (Fsp3) is 1.00. The molecular formula is C8H14O5. The van der Waals surface area contributed by atoms with E-state index >= 15 is 0 Å². The Labute approximate surface area is 75.6 Å². The van der Waals surface area contributed by atoms with Crippen LogP contribution < -0.4 is 0 Å². The van der Waals surface area contributed by atoms with Gasteiger partial charge in [0.1, 0.15) is 24.4 Å². The Balaban J connectivity index is 2.13. The van der Waals surface area contributed by atoms with Crippen molar-refractivity contribution in [3.8, 4) is 0 Å². The summed E-state index contributed by atoms with van der Waals surface area (Å²) in [5, 5.41) is 37.2. The molecule has 0 bridgehead atoms. The molecule has 76 valence electrons. The van der Waals surface area contributed by atoms with Crippen molar-refractivity contribution in [3.05, 3.63) is 0 Å². The van der Waals surface area contributed by atoms with Gasteiger partial charge >= 0.3 is 0 Å². The molecule has 5 heteroatoms. The van der Waals surface area contributed by atoms with Gasteiger partial charge < -0.3 is 25.2 Å². The first-order chi connectivity index (χ1) is 6.10. The van der Waals surface area contributed by atoms with Crippen molar-refractivity contribution in [2.75, 3.05) is 6.61 Å². The molecular weight excluding hydrogens is 176 g/mol. The van der Waals surface area contributed by atoms with E-state index in [1.54, 1.807) is 0 Å². The summed E-state index contributed by atoms with van der Waals surface area (Å²) in [6.07, 6.45) is -2.88. The average Bonchev–Trinajstić information content (AvgIpc) is 2.90. The molecule has 1 saturated carbocycles. The van der Waals surface area contributed by atoms with Crippen molar-refractivity contribution in [1.29, 1.82) is 0 Å². The Morgan fingerprint density at radius 1 is 1.15 bits per heavy atom. The van der Waals surface area contributed by atoms with Crippen LogP contribution in [0.1, 0.15) is 12.8 Å². The molecule has 1 saturated heterocycles. The van der Waals surface area contributed by atoms with Crippen LogP contribution in [0.5, 0.6) is 0 Å². The van der Waals surface area contributed by atoms with Crippen molar-refractivity contribution in [3.63, 3.8) is 0 Å². The van der Waals surface area contributed by atoms with Gasteiger partial charge in [-0.1, -0.05) is 0 Å². The summed E-state index contributed by atoms with van der Waals surface area (Å²) in [5.74, 6) is 0. The van der Waals surface area contributed by atoms with Crippen LogP contribution in [0.2, 0.25) is 0 Å². The largest absolute Gasteiger partial charge is 0.394 e. The Morgan fingerprint density at radius 2 is 1.77 bits per heavy atom. The number of ether oxygens (including phenoxy) is 1. The van der Waals surface area contributed by atoms with Gasteiger partial charge in [0.25, 0.3) is 0 Å². The molecule has 0 amide bonds. The second-order valence-corrected chi connectivity index (χ2v) is 3.83. The molecule has 4 unspecified atom stereocenters. The van der Waals surface area contributed by atoms with Gasteiger partial charge in [0.2, 0.25) is 0 Å². The van der Waals surface area contributed by atoms with E-state index in [4.69, 9.17) is 9.84 Å². The quantitative estimate of drug-likeness (QED) is 0.384. The van der Waals surface area contributed by atoms with E-state index in [-0.39, 0.29) is 6.61 Å². The minimum absolute atomic E-state index is 0.341. The molecule has 0 aromatic rings. The first-order valence-corrected chi connectivity index (χ1v) is 4.43. The third-order valence-corrected chi connectivity index (χ3v) is 2.90. The third-order valence-electron chi connectivity index (χ3n) is 2.90. The van der Waals surface area contributed by atoms with E-state index in [1.807, 2.05) is 0 Å². The van der Waals surface area contributed by atoms with Gasteiger partial charge in [0.15, 0.2) is 0 Å². The molecule has 1 aliphatic heterocycles. The molecule has 4 atom stereocenters. The second kappa shape index (κ2) is 2.90. The van der Waals surface area contributed by atoms with Gasteiger partial charge in [0.05, 0.1) is 12.2 Å². The van der Waals surface area contributed by atoms with Gasteiger partial charge in [0, 0.05) is 0 Å². The summed E-state index contributed by atoms with van der Waals surface area (Å²) < 4.78 is 5.32. The lowest BCUT2D eigenvalue weighted by Gasteiger charge is -2.40. The smallest absolute Gasteiger partial charge is 0.111 e. The Bertz CT molecular complexity index is 201. The molecule has 1 heterocycles. The Morgan fingerprint density at radius 3 is 2.23 bits per heavy atom. The maximum absolute atomic E-state index is 9.54. The lowest BCUT2D eigenvalue weighted by atomic mass is 9.94. The van der Waals surface area contributed by atoms with Gasteiger partial charge in [-0.15, -0.1) is 0 Å². The predicted octanol–water partition coefficient (Wildman–Crippen LogP) is -2.01. The van der Waals surface area contributed by atoms with Crippen molar-refractivity contribution in [2.24, 2.45) is 0 Å². The first kappa shape index (κ1) is 9.36. The highest BCUT2D eigenvalue weighted by Crippen LogP contribution is 2.48. The van der Waals surface area contributed by atoms with E-state index in [2.05, 4.69) is 0 Å². The predicted molar refractivity (Wildman–Crippen MR) is 41.9 cm³/mol. The Kier molecular flexibility index (Phi) is 2.08. The number of aliphatic hydroxyl groups is 4. The lowest BCUT2D eigenvalue weighted by Crippen LogP contribution is -2.59. The lowest BCUT2D eigenvalue weighted by molar-refractivity contribution is -0.240. The highest BCUT2D eigenvalue weighted by molar-refractivity contribution is 5.10. The number of rotatable bonds is 1. The topological polar surface area (TPSA) is 90.2 Å². The van der Waals surface area contributed by atoms with Crippen LogP contribution >= 0.6 is 0 Å². The molecule has 2 aliphatic rings. The maximum Gasteiger partial charge on any atom is 0.111 e. The fourth-order valence-corrected chi connectivity index (χ4v) is 1.84. The van der Waals surface area contributed by atoms with Crippen LogP contribution in [-0.2, 0) is 4.74 Å². The van der Waals surface area contributed by atoms with E-state index in [0.717, 1.165) is 0 Å². The van der Waals surface area contributed by atoms with Crippen molar-refractivity contribution < 1.29 is 25.2 Å². The summed E-state index contributed by atoms with van der Waals surface area (Å²) in [7, 11) is 0. The molecule has 5 nitrogen and oxygen atoms in total. The van der Waals surface area contributed by atoms with E-state index in [9.17, 15) is 15.3 Å². The zero-order chi connectivity index (χ0) is 9.64. The van der Waals surface area contributed by atoms with Crippen LogP contribution in [0.25, 0.3) is 0 Å². The number of hydrogen-bond donors (Lipinski definition) is 4. The molecule has 1 aliphatic carbocycles. The highest BCUT2D eigenvalue weighted by atomic mass is 16.6. The van der Waals surface area contributed by atoms with Crippen LogP contribution in [0.3, 0.4) is 0 Å². The molecule has 2 rings (SSSR count). The summed E-state index contributed by atoms with van der Waals surface area (Å²) in [6.45, 7) is -0.341. The maximum atomic E-state index is 9.54. The van der Waals surface area contributed by atoms with Crippen LogP contribution in [-0.4, -0.2) is 57.0 Å². The molecule has 1 spiro atoms. The zero-order valence-corrected chi connectivity index (χ0v) is 7.13. The highest BCUT2D eigenvalue weighted by Gasteiger charge is 2.60. The normalized spacial score (nSPS) is 48.0. The minimum Gasteiger partial charge on any atom is -0.394 e. The molecule has 2 fully saturated rings. The van der Waals surface area contributed by atoms with Crippen molar-refractivity contribution in [2.45, 2.75) is 42.9 Å². The van der Waals surface area contributed by atoms with Crippen LogP contribution in [0.4, 0.5) is 0 Å². The standard InChI is InChI=1S/C8H14O5/c9-3-4-5(10)6(11)7(12)8(13-4)1-2-8/h4-7,9-12H,1-3H2. The van der Waals surface area contributed by atoms with E-state index in [0.29, 0.717) is 12.8 Å². The SMILES string of the molecule is OCC1OC2(CC2)C(O)C(O)C1O. The van der Waals surface area contributed by atoms with E-state index < -0.39 is 30.0 Å². The average molecular weight is 190 g/mol. The van der Waals surface area contributed by atoms with Gasteiger partial charge in [-0.2, -0.15) is 0 Å². The number of hydrogen-bond acceptors (Lipinski definition) is 5. The second-order valence-electron chi connectivity index (χ2n) is 3.83. The Hall–Kier alpha value is -0.200. The number of aliphatic hydroxyl groups excluding tert-OH is 4. The van der Waals surface area contributed by atoms with E-state index in [1.165, 1.54) is 0 Å².